The molecule has 0 spiro atoms. The number of amides is 1. The number of unbranched alkanes of at least 4 members (excludes halogenated alkanes) is 1. The van der Waals surface area contributed by atoms with Crippen molar-refractivity contribution in [1.29, 1.82) is 0 Å². The Hall–Kier alpha value is -4.12. The van der Waals surface area contributed by atoms with Gasteiger partial charge in [-0.2, -0.15) is 0 Å². The van der Waals surface area contributed by atoms with E-state index in [0.29, 0.717) is 51.9 Å². The number of esters is 1. The normalized spacial score (nSPS) is 20.8. The van der Waals surface area contributed by atoms with Crippen LogP contribution in [0.15, 0.2) is 85.5 Å². The van der Waals surface area contributed by atoms with Crippen LogP contribution in [0, 0.1) is 17.6 Å². The Kier molecular flexibility index (Phi) is 14.4. The summed E-state index contributed by atoms with van der Waals surface area (Å²) in [5.41, 5.74) is 2.24. The van der Waals surface area contributed by atoms with Crippen molar-refractivity contribution < 1.29 is 37.7 Å². The smallest absolute Gasteiger partial charge is 0.329 e. The van der Waals surface area contributed by atoms with Crippen LogP contribution in [-0.4, -0.2) is 84.0 Å². The maximum absolute atomic E-state index is 14.4. The Morgan fingerprint density at radius 3 is 2.44 bits per heavy atom. The number of nitrogens with zero attached hydrogens (tertiary/aromatic N) is 2. The molecule has 52 heavy (non-hydrogen) atoms. The van der Waals surface area contributed by atoms with E-state index >= 15 is 0 Å². The molecule has 5 rings (SSSR count). The van der Waals surface area contributed by atoms with Crippen molar-refractivity contribution in [3.63, 3.8) is 0 Å². The maximum atomic E-state index is 14.4. The van der Waals surface area contributed by atoms with Crippen LogP contribution < -0.4 is 4.74 Å². The zero-order valence-corrected chi connectivity index (χ0v) is 30.3. The molecule has 3 aromatic carbocycles. The number of hydrogen-bond acceptors (Lipinski definition) is 7. The molecule has 3 aromatic rings. The number of ether oxygens (including phenoxy) is 3. The molecule has 10 heteroatoms. The van der Waals surface area contributed by atoms with E-state index in [9.17, 15) is 23.5 Å². The van der Waals surface area contributed by atoms with Crippen LogP contribution in [0.3, 0.4) is 0 Å². The van der Waals surface area contributed by atoms with Crippen molar-refractivity contribution in [2.75, 3.05) is 26.8 Å². The highest BCUT2D eigenvalue weighted by Crippen LogP contribution is 2.31. The molecule has 1 N–H and O–H groups in total. The highest BCUT2D eigenvalue weighted by Gasteiger charge is 2.44. The van der Waals surface area contributed by atoms with Gasteiger partial charge < -0.3 is 24.2 Å². The molecule has 2 fully saturated rings. The summed E-state index contributed by atoms with van der Waals surface area (Å²) in [5, 5.41) is 12.2. The van der Waals surface area contributed by atoms with Crippen molar-refractivity contribution in [3.05, 3.63) is 114 Å². The first-order chi connectivity index (χ1) is 25.2. The van der Waals surface area contributed by atoms with Crippen LogP contribution in [0.1, 0.15) is 62.1 Å². The van der Waals surface area contributed by atoms with Gasteiger partial charge in [-0.05, 0) is 73.1 Å². The van der Waals surface area contributed by atoms with Crippen LogP contribution in [-0.2, 0) is 38.4 Å². The molecule has 2 saturated heterocycles. The Morgan fingerprint density at radius 1 is 1.04 bits per heavy atom. The van der Waals surface area contributed by atoms with Crippen LogP contribution in [0.25, 0.3) is 0 Å². The number of halogens is 2. The summed E-state index contributed by atoms with van der Waals surface area (Å²) in [6.07, 6.45) is 3.48. The van der Waals surface area contributed by atoms with Crippen LogP contribution >= 0.6 is 0 Å². The van der Waals surface area contributed by atoms with E-state index in [0.717, 1.165) is 42.2 Å². The lowest BCUT2D eigenvalue weighted by atomic mass is 9.96. The summed E-state index contributed by atoms with van der Waals surface area (Å²) in [6.45, 7) is 7.58. The average molecular weight is 719 g/mol. The number of benzene rings is 3. The molecule has 2 heterocycles. The molecule has 1 amide bonds. The molecule has 2 unspecified atom stereocenters. The number of aliphatic hydroxyl groups excluding tert-OH is 1. The van der Waals surface area contributed by atoms with Crippen LogP contribution in [0.5, 0.6) is 5.75 Å². The first-order valence-corrected chi connectivity index (χ1v) is 18.5. The van der Waals surface area contributed by atoms with Gasteiger partial charge in [0.15, 0.2) is 0 Å². The third kappa shape index (κ3) is 10.5. The van der Waals surface area contributed by atoms with Gasteiger partial charge in [0.1, 0.15) is 35.6 Å². The summed E-state index contributed by atoms with van der Waals surface area (Å²) >= 11 is 0. The molecular weight excluding hydrogens is 666 g/mol. The first kappa shape index (κ1) is 39.1. The first-order valence-electron chi connectivity index (χ1n) is 18.5. The van der Waals surface area contributed by atoms with Crippen molar-refractivity contribution in [2.24, 2.45) is 5.92 Å². The van der Waals surface area contributed by atoms with E-state index in [-0.39, 0.29) is 29.9 Å². The zero-order valence-electron chi connectivity index (χ0n) is 30.3. The quantitative estimate of drug-likeness (QED) is 0.109. The van der Waals surface area contributed by atoms with E-state index in [1.165, 1.54) is 12.1 Å². The zero-order chi connectivity index (χ0) is 37.0. The van der Waals surface area contributed by atoms with Crippen LogP contribution in [0.2, 0.25) is 0 Å². The van der Waals surface area contributed by atoms with Gasteiger partial charge in [0, 0.05) is 44.1 Å². The lowest BCUT2D eigenvalue weighted by Gasteiger charge is -2.35. The second kappa shape index (κ2) is 19.1. The number of aryl methyl sites for hydroxylation is 1. The molecular formula is C42H52F2N2O6. The molecule has 0 aliphatic carbocycles. The minimum atomic E-state index is -1.26. The molecule has 2 aliphatic heterocycles. The third-order valence-corrected chi connectivity index (χ3v) is 10.3. The number of hydrogen-bond donors (Lipinski definition) is 1. The van der Waals surface area contributed by atoms with Gasteiger partial charge in [-0.15, -0.1) is 6.58 Å². The maximum Gasteiger partial charge on any atom is 0.329 e. The largest absolute Gasteiger partial charge is 0.497 e. The van der Waals surface area contributed by atoms with Gasteiger partial charge in [-0.3, -0.25) is 9.69 Å². The molecule has 0 bridgehead atoms. The number of methoxy groups -OCH3 is 1. The van der Waals surface area contributed by atoms with Gasteiger partial charge in [0.05, 0.1) is 19.8 Å². The van der Waals surface area contributed by atoms with Crippen molar-refractivity contribution in [2.45, 2.75) is 95.2 Å². The molecule has 0 saturated carbocycles. The topological polar surface area (TPSA) is 88.5 Å². The highest BCUT2D eigenvalue weighted by atomic mass is 19.1. The van der Waals surface area contributed by atoms with Crippen LogP contribution in [0.4, 0.5) is 8.78 Å². The summed E-state index contributed by atoms with van der Waals surface area (Å²) in [6, 6.07) is 19.1. The Morgan fingerprint density at radius 2 is 1.77 bits per heavy atom. The van der Waals surface area contributed by atoms with Gasteiger partial charge in [-0.1, -0.05) is 68.3 Å². The van der Waals surface area contributed by atoms with Crippen molar-refractivity contribution >= 4 is 11.9 Å². The Balaban J connectivity index is 1.43. The average Bonchev–Trinajstić information content (AvgIpc) is 3.71. The summed E-state index contributed by atoms with van der Waals surface area (Å²) in [5.74, 6) is -1.66. The summed E-state index contributed by atoms with van der Waals surface area (Å²) in [4.78, 5) is 31.8. The van der Waals surface area contributed by atoms with Gasteiger partial charge in [-0.25, -0.2) is 13.6 Å². The minimum Gasteiger partial charge on any atom is -0.497 e. The van der Waals surface area contributed by atoms with E-state index in [1.807, 2.05) is 54.6 Å². The molecule has 8 nitrogen and oxygen atoms in total. The second-order valence-electron chi connectivity index (χ2n) is 14.0. The Bertz CT molecular complexity index is 1590. The fourth-order valence-electron chi connectivity index (χ4n) is 7.53. The predicted molar refractivity (Wildman–Crippen MR) is 196 cm³/mol. The molecule has 280 valence electrons. The predicted octanol–water partition coefficient (Wildman–Crippen LogP) is 6.67. The summed E-state index contributed by atoms with van der Waals surface area (Å²) in [7, 11) is 1.60. The third-order valence-electron chi connectivity index (χ3n) is 10.3. The standard InChI is InChI=1S/C42H52F2N2O6/c1-4-6-12-32-19-20-46(41(32)48)37(18-15-29-10-8-7-9-11-29)42(49)52-39(24-31-22-33(43)25-34(44)23-31)40(47)38-26-36(51-21-5-2)28-45(38)27-30-13-16-35(50-3)17-14-30/h5,7-11,13-14,16-17,22-23,25,32,36-40,47H,2,4,6,12,15,18-21,24,26-28H2,1,3H3/t32?,36-,37?,38-,39+,40-/m1/s1. The minimum absolute atomic E-state index is 0.0589. The van der Waals surface area contributed by atoms with E-state index in [2.05, 4.69) is 18.4 Å². The van der Waals surface area contributed by atoms with Crippen molar-refractivity contribution in [1.82, 2.24) is 9.80 Å². The molecule has 6 atom stereocenters. The van der Waals surface area contributed by atoms with E-state index in [1.54, 1.807) is 18.1 Å². The van der Waals surface area contributed by atoms with Gasteiger partial charge in [0.2, 0.25) is 5.91 Å². The fourth-order valence-corrected chi connectivity index (χ4v) is 7.53. The molecule has 0 aromatic heterocycles. The number of carbonyl (C=O) groups is 2. The number of rotatable bonds is 19. The highest BCUT2D eigenvalue weighted by molar-refractivity contribution is 5.87. The lowest BCUT2D eigenvalue weighted by molar-refractivity contribution is -0.166. The van der Waals surface area contributed by atoms with E-state index in [4.69, 9.17) is 14.2 Å². The Labute approximate surface area is 306 Å². The summed E-state index contributed by atoms with van der Waals surface area (Å²) < 4.78 is 46.5. The molecule has 2 aliphatic rings. The monoisotopic (exact) mass is 718 g/mol. The second-order valence-corrected chi connectivity index (χ2v) is 14.0. The lowest BCUT2D eigenvalue weighted by Crippen LogP contribution is -2.50. The number of likely N-dealkylation sites (tertiary alicyclic amines) is 2. The number of aliphatic hydroxyl groups is 1. The van der Waals surface area contributed by atoms with Gasteiger partial charge in [0.25, 0.3) is 0 Å². The number of carbonyl (C=O) groups excluding carboxylic acids is 2. The SMILES string of the molecule is C=CCO[C@@H]1C[C@H]([C@@H](O)[C@H](Cc2cc(F)cc(F)c2)OC(=O)C(CCc2ccccc2)N2CCC(CCCC)C2=O)N(Cc2ccc(OC)cc2)C1. The van der Waals surface area contributed by atoms with Gasteiger partial charge >= 0.3 is 5.97 Å². The van der Waals surface area contributed by atoms with E-state index < -0.39 is 41.9 Å². The molecule has 0 radical (unpaired) electrons. The van der Waals surface area contributed by atoms with Crippen molar-refractivity contribution in [3.8, 4) is 5.75 Å². The fraction of sp³-hybridized carbons (Fsp3) is 0.476.